The van der Waals surface area contributed by atoms with E-state index in [1.54, 1.807) is 18.2 Å². The molecule has 1 unspecified atom stereocenters. The lowest BCUT2D eigenvalue weighted by Crippen LogP contribution is -2.41. The highest BCUT2D eigenvalue weighted by atomic mass is 32.2. The monoisotopic (exact) mass is 252 g/mol. The molecule has 0 amide bonds. The van der Waals surface area contributed by atoms with E-state index in [4.69, 9.17) is 5.73 Å². The predicted molar refractivity (Wildman–Crippen MR) is 71.9 cm³/mol. The number of carboxylic acids is 1. The van der Waals surface area contributed by atoms with Gasteiger partial charge in [0, 0.05) is 24.1 Å². The standard InChI is InChI=1S/C12H16N2O2S/c1-8-7-17-6-5-14(8)11-9(12(15)16)3-2-4-10(11)13/h2-4,8H,5-7,13H2,1H3,(H,15,16). The van der Waals surface area contributed by atoms with E-state index in [-0.39, 0.29) is 0 Å². The maximum atomic E-state index is 11.2. The van der Waals surface area contributed by atoms with Gasteiger partial charge in [0.2, 0.25) is 0 Å². The van der Waals surface area contributed by atoms with Gasteiger partial charge in [-0.15, -0.1) is 0 Å². The Morgan fingerprint density at radius 2 is 2.35 bits per heavy atom. The van der Waals surface area contributed by atoms with Gasteiger partial charge in [-0.1, -0.05) is 6.07 Å². The summed E-state index contributed by atoms with van der Waals surface area (Å²) in [4.78, 5) is 13.3. The quantitative estimate of drug-likeness (QED) is 0.787. The molecule has 1 saturated heterocycles. The van der Waals surface area contributed by atoms with Crippen LogP contribution in [0.1, 0.15) is 17.3 Å². The van der Waals surface area contributed by atoms with Crippen LogP contribution in [-0.4, -0.2) is 35.2 Å². The molecule has 1 aliphatic heterocycles. The van der Waals surface area contributed by atoms with E-state index in [0.717, 1.165) is 18.1 Å². The highest BCUT2D eigenvalue weighted by Gasteiger charge is 2.25. The van der Waals surface area contributed by atoms with Crippen molar-refractivity contribution in [2.45, 2.75) is 13.0 Å². The van der Waals surface area contributed by atoms with Crippen LogP contribution >= 0.6 is 11.8 Å². The van der Waals surface area contributed by atoms with Crippen molar-refractivity contribution in [3.05, 3.63) is 23.8 Å². The minimum Gasteiger partial charge on any atom is -0.478 e. The van der Waals surface area contributed by atoms with Crippen LogP contribution in [0.5, 0.6) is 0 Å². The SMILES string of the molecule is CC1CSCCN1c1c(N)cccc1C(=O)O. The zero-order valence-corrected chi connectivity index (χ0v) is 10.5. The lowest BCUT2D eigenvalue weighted by atomic mass is 10.1. The largest absolute Gasteiger partial charge is 0.478 e. The van der Waals surface area contributed by atoms with E-state index in [0.29, 0.717) is 23.0 Å². The molecule has 5 heteroatoms. The lowest BCUT2D eigenvalue weighted by molar-refractivity contribution is 0.0697. The van der Waals surface area contributed by atoms with Crippen molar-refractivity contribution in [3.63, 3.8) is 0 Å². The van der Waals surface area contributed by atoms with E-state index in [2.05, 4.69) is 11.8 Å². The Bertz CT molecular complexity index is 437. The molecule has 1 aromatic rings. The Hall–Kier alpha value is -1.36. The van der Waals surface area contributed by atoms with Crippen molar-refractivity contribution >= 4 is 29.1 Å². The average molecular weight is 252 g/mol. The van der Waals surface area contributed by atoms with Crippen LogP contribution in [-0.2, 0) is 0 Å². The van der Waals surface area contributed by atoms with Crippen molar-refractivity contribution in [1.29, 1.82) is 0 Å². The van der Waals surface area contributed by atoms with Crippen LogP contribution in [0.15, 0.2) is 18.2 Å². The van der Waals surface area contributed by atoms with Gasteiger partial charge in [0.1, 0.15) is 0 Å². The molecule has 0 bridgehead atoms. The third-order valence-electron chi connectivity index (χ3n) is 2.95. The second-order valence-electron chi connectivity index (χ2n) is 4.17. The Morgan fingerprint density at radius 3 is 3.00 bits per heavy atom. The molecule has 0 aromatic heterocycles. The molecule has 1 aromatic carbocycles. The van der Waals surface area contributed by atoms with Crippen LogP contribution in [0.2, 0.25) is 0 Å². The van der Waals surface area contributed by atoms with Crippen molar-refractivity contribution < 1.29 is 9.90 Å². The van der Waals surface area contributed by atoms with Crippen molar-refractivity contribution in [1.82, 2.24) is 0 Å². The number of nitrogens with two attached hydrogens (primary N) is 1. The fourth-order valence-corrected chi connectivity index (χ4v) is 3.13. The second kappa shape index (κ2) is 4.87. The van der Waals surface area contributed by atoms with Gasteiger partial charge in [-0.25, -0.2) is 4.79 Å². The highest BCUT2D eigenvalue weighted by Crippen LogP contribution is 2.32. The van der Waals surface area contributed by atoms with Gasteiger partial charge in [0.25, 0.3) is 0 Å². The van der Waals surface area contributed by atoms with Gasteiger partial charge in [0.15, 0.2) is 0 Å². The summed E-state index contributed by atoms with van der Waals surface area (Å²) in [5, 5.41) is 9.22. The number of aromatic carboxylic acids is 1. The molecule has 0 aliphatic carbocycles. The summed E-state index contributed by atoms with van der Waals surface area (Å²) in [6.45, 7) is 2.95. The van der Waals surface area contributed by atoms with Gasteiger partial charge in [0.05, 0.1) is 16.9 Å². The molecular weight excluding hydrogens is 236 g/mol. The number of hydrogen-bond acceptors (Lipinski definition) is 4. The molecule has 4 nitrogen and oxygen atoms in total. The number of para-hydroxylation sites is 1. The maximum Gasteiger partial charge on any atom is 0.337 e. The van der Waals surface area contributed by atoms with Crippen LogP contribution in [0.3, 0.4) is 0 Å². The van der Waals surface area contributed by atoms with Gasteiger partial charge < -0.3 is 15.7 Å². The molecule has 92 valence electrons. The molecule has 0 saturated carbocycles. The van der Waals surface area contributed by atoms with Gasteiger partial charge in [-0.2, -0.15) is 11.8 Å². The van der Waals surface area contributed by atoms with Gasteiger partial charge in [-0.3, -0.25) is 0 Å². The number of carboxylic acid groups (broad SMARTS) is 1. The fraction of sp³-hybridized carbons (Fsp3) is 0.417. The summed E-state index contributed by atoms with van der Waals surface area (Å²) in [7, 11) is 0. The Balaban J connectivity index is 2.45. The first-order chi connectivity index (χ1) is 8.11. The smallest absolute Gasteiger partial charge is 0.337 e. The number of carbonyl (C=O) groups is 1. The molecule has 17 heavy (non-hydrogen) atoms. The van der Waals surface area contributed by atoms with Crippen molar-refractivity contribution in [2.24, 2.45) is 0 Å². The van der Waals surface area contributed by atoms with Crippen LogP contribution in [0.25, 0.3) is 0 Å². The number of nitrogens with zero attached hydrogens (tertiary/aromatic N) is 1. The van der Waals surface area contributed by atoms with Gasteiger partial charge >= 0.3 is 5.97 Å². The maximum absolute atomic E-state index is 11.2. The van der Waals surface area contributed by atoms with Crippen molar-refractivity contribution in [2.75, 3.05) is 28.7 Å². The summed E-state index contributed by atoms with van der Waals surface area (Å²) < 4.78 is 0. The molecular formula is C12H16N2O2S. The lowest BCUT2D eigenvalue weighted by Gasteiger charge is -2.36. The second-order valence-corrected chi connectivity index (χ2v) is 5.32. The van der Waals surface area contributed by atoms with E-state index < -0.39 is 5.97 Å². The summed E-state index contributed by atoms with van der Waals surface area (Å²) in [6, 6.07) is 5.38. The van der Waals surface area contributed by atoms with Crippen molar-refractivity contribution in [3.8, 4) is 0 Å². The number of benzene rings is 1. The Labute approximate surface area is 105 Å². The summed E-state index contributed by atoms with van der Waals surface area (Å²) in [6.07, 6.45) is 0. The van der Waals surface area contributed by atoms with Gasteiger partial charge in [-0.05, 0) is 19.1 Å². The number of nitrogen functional groups attached to an aromatic ring is 1. The normalized spacial score (nSPS) is 20.3. The first kappa shape index (κ1) is 12.1. The fourth-order valence-electron chi connectivity index (χ4n) is 2.11. The summed E-state index contributed by atoms with van der Waals surface area (Å²) in [5.41, 5.74) is 7.45. The van der Waals surface area contributed by atoms with E-state index in [1.165, 1.54) is 0 Å². The van der Waals surface area contributed by atoms with Crippen LogP contribution in [0.4, 0.5) is 11.4 Å². The van der Waals surface area contributed by atoms with E-state index >= 15 is 0 Å². The first-order valence-electron chi connectivity index (χ1n) is 5.57. The molecule has 1 heterocycles. The molecule has 1 atom stereocenters. The molecule has 0 spiro atoms. The molecule has 0 radical (unpaired) electrons. The van der Waals surface area contributed by atoms with E-state index in [9.17, 15) is 9.90 Å². The number of anilines is 2. The zero-order valence-electron chi connectivity index (χ0n) is 9.72. The minimum atomic E-state index is -0.919. The molecule has 2 rings (SSSR count). The first-order valence-corrected chi connectivity index (χ1v) is 6.73. The Morgan fingerprint density at radius 1 is 1.59 bits per heavy atom. The Kier molecular flexibility index (Phi) is 3.47. The summed E-state index contributed by atoms with van der Waals surface area (Å²) in [5.74, 6) is 1.10. The van der Waals surface area contributed by atoms with Crippen LogP contribution in [0, 0.1) is 0 Å². The van der Waals surface area contributed by atoms with E-state index in [1.807, 2.05) is 11.8 Å². The molecule has 1 aliphatic rings. The van der Waals surface area contributed by atoms with Crippen LogP contribution < -0.4 is 10.6 Å². The number of thioether (sulfide) groups is 1. The third-order valence-corrected chi connectivity index (χ3v) is 4.14. The predicted octanol–water partition coefficient (Wildman–Crippen LogP) is 1.91. The average Bonchev–Trinajstić information content (AvgIpc) is 2.30. The highest BCUT2D eigenvalue weighted by molar-refractivity contribution is 7.99. The molecule has 1 fully saturated rings. The summed E-state index contributed by atoms with van der Waals surface area (Å²) >= 11 is 1.89. The minimum absolute atomic E-state index is 0.295. The number of rotatable bonds is 2. The number of hydrogen-bond donors (Lipinski definition) is 2. The molecule has 3 N–H and O–H groups in total. The third kappa shape index (κ3) is 2.34. The zero-order chi connectivity index (χ0) is 12.4. The topological polar surface area (TPSA) is 66.6 Å².